The number of para-hydroxylation sites is 1. The minimum absolute atomic E-state index is 0.00472. The molecule has 0 aromatic heterocycles. The summed E-state index contributed by atoms with van der Waals surface area (Å²) in [6, 6.07) is 21.9. The van der Waals surface area contributed by atoms with Gasteiger partial charge in [0.1, 0.15) is 5.75 Å². The molecule has 0 radical (unpaired) electrons. The van der Waals surface area contributed by atoms with Crippen LogP contribution in [0.3, 0.4) is 0 Å². The molecular formula is C35H27BrN2O5. The van der Waals surface area contributed by atoms with Gasteiger partial charge < -0.3 is 10.4 Å². The lowest BCUT2D eigenvalue weighted by atomic mass is 9.59. The van der Waals surface area contributed by atoms with Crippen molar-refractivity contribution in [1.29, 1.82) is 0 Å². The molecule has 0 saturated carbocycles. The minimum atomic E-state index is -0.701. The van der Waals surface area contributed by atoms with Crippen LogP contribution in [0.1, 0.15) is 31.2 Å². The highest BCUT2D eigenvalue weighted by molar-refractivity contribution is 9.10. The predicted molar refractivity (Wildman–Crippen MR) is 166 cm³/mol. The summed E-state index contributed by atoms with van der Waals surface area (Å²) in [4.78, 5) is 56.1. The number of benzene rings is 3. The molecule has 8 heteroatoms. The topological polar surface area (TPSA) is 104 Å². The highest BCUT2D eigenvalue weighted by Gasteiger charge is 2.56. The van der Waals surface area contributed by atoms with Crippen LogP contribution in [0.2, 0.25) is 0 Å². The van der Waals surface area contributed by atoms with Gasteiger partial charge in [-0.1, -0.05) is 45.8 Å². The van der Waals surface area contributed by atoms with Crippen LogP contribution >= 0.6 is 15.9 Å². The number of nitrogens with zero attached hydrogens (tertiary/aromatic N) is 1. The fraction of sp³-hybridized carbons (Fsp3) is 0.200. The van der Waals surface area contributed by atoms with Gasteiger partial charge in [0.15, 0.2) is 11.6 Å². The van der Waals surface area contributed by atoms with Crippen LogP contribution in [0.4, 0.5) is 17.1 Å². The number of allylic oxidation sites excluding steroid dienone is 6. The van der Waals surface area contributed by atoms with Gasteiger partial charge in [-0.15, -0.1) is 0 Å². The van der Waals surface area contributed by atoms with Gasteiger partial charge in [0, 0.05) is 44.0 Å². The van der Waals surface area contributed by atoms with Crippen LogP contribution in [0, 0.1) is 17.8 Å². The van der Waals surface area contributed by atoms with Crippen molar-refractivity contribution >= 4 is 56.4 Å². The normalized spacial score (nSPS) is 24.7. The van der Waals surface area contributed by atoms with Gasteiger partial charge in [-0.2, -0.15) is 0 Å². The van der Waals surface area contributed by atoms with Crippen molar-refractivity contribution in [3.8, 4) is 5.75 Å². The van der Waals surface area contributed by atoms with Crippen LogP contribution in [0.15, 0.2) is 112 Å². The maximum Gasteiger partial charge on any atom is 0.238 e. The van der Waals surface area contributed by atoms with Crippen molar-refractivity contribution in [2.75, 3.05) is 10.2 Å². The van der Waals surface area contributed by atoms with E-state index in [1.54, 1.807) is 37.3 Å². The summed E-state index contributed by atoms with van der Waals surface area (Å²) in [5.41, 5.74) is 4.58. The van der Waals surface area contributed by atoms with E-state index in [0.717, 1.165) is 16.9 Å². The maximum atomic E-state index is 14.1. The second-order valence-corrected chi connectivity index (χ2v) is 12.4. The minimum Gasteiger partial charge on any atom is -0.508 e. The standard InChI is InChI=1S/C35H27BrN2O5/c1-18-15-29(40)32-27(33(18)41)17-25-23(30(32)26-16-19(36)7-14-28(26)39)12-13-24-31(25)35(43)38(34(24)42)22-10-8-21(9-11-22)37-20-5-3-2-4-6-20/h2-12,14-16,24-25,30-31,37,39H,13,17H2,1H3/t24-,25+,30+,31-/m0/s1. The molecule has 43 heavy (non-hydrogen) atoms. The van der Waals surface area contributed by atoms with Gasteiger partial charge in [-0.3, -0.25) is 24.1 Å². The Hall–Kier alpha value is -4.56. The van der Waals surface area contributed by atoms with Crippen molar-refractivity contribution in [3.63, 3.8) is 0 Å². The first-order valence-electron chi connectivity index (χ1n) is 14.2. The summed E-state index contributed by atoms with van der Waals surface area (Å²) < 4.78 is 0.712. The first kappa shape index (κ1) is 27.3. The molecule has 7 nitrogen and oxygen atoms in total. The number of fused-ring (bicyclic) bond motifs is 3. The molecule has 7 rings (SSSR count). The Morgan fingerprint density at radius 2 is 1.60 bits per heavy atom. The van der Waals surface area contributed by atoms with E-state index in [1.807, 2.05) is 48.5 Å². The number of amides is 2. The zero-order chi connectivity index (χ0) is 30.0. The van der Waals surface area contributed by atoms with Crippen molar-refractivity contribution < 1.29 is 24.3 Å². The molecule has 3 aromatic rings. The fourth-order valence-corrected chi connectivity index (χ4v) is 7.51. The number of carbonyl (C=O) groups is 4. The number of hydrogen-bond donors (Lipinski definition) is 2. The summed E-state index contributed by atoms with van der Waals surface area (Å²) in [6.07, 6.45) is 3.83. The number of phenolic OH excluding ortho intramolecular Hbond substituents is 1. The van der Waals surface area contributed by atoms with E-state index in [1.165, 1.54) is 11.0 Å². The third-order valence-corrected chi connectivity index (χ3v) is 9.54. The monoisotopic (exact) mass is 634 g/mol. The van der Waals surface area contributed by atoms with E-state index >= 15 is 0 Å². The molecule has 0 spiro atoms. The number of ketones is 2. The molecule has 1 fully saturated rings. The highest BCUT2D eigenvalue weighted by atomic mass is 79.9. The number of nitrogens with one attached hydrogen (secondary N) is 1. The third kappa shape index (κ3) is 4.39. The number of carbonyl (C=O) groups excluding carboxylic acids is 4. The van der Waals surface area contributed by atoms with Gasteiger partial charge >= 0.3 is 0 Å². The molecule has 3 aromatic carbocycles. The molecule has 2 N–H and O–H groups in total. The van der Waals surface area contributed by atoms with Gasteiger partial charge in [-0.25, -0.2) is 0 Å². The van der Waals surface area contributed by atoms with Gasteiger partial charge in [0.05, 0.1) is 17.5 Å². The number of halogens is 1. The van der Waals surface area contributed by atoms with Crippen LogP contribution in [0.5, 0.6) is 5.75 Å². The van der Waals surface area contributed by atoms with Crippen molar-refractivity contribution in [2.24, 2.45) is 17.8 Å². The average Bonchev–Trinajstić information content (AvgIpc) is 3.26. The lowest BCUT2D eigenvalue weighted by molar-refractivity contribution is -0.123. The van der Waals surface area contributed by atoms with E-state index in [-0.39, 0.29) is 35.6 Å². The van der Waals surface area contributed by atoms with E-state index in [4.69, 9.17) is 0 Å². The van der Waals surface area contributed by atoms with E-state index in [9.17, 15) is 24.3 Å². The molecule has 3 aliphatic carbocycles. The van der Waals surface area contributed by atoms with Crippen molar-refractivity contribution in [3.05, 3.63) is 117 Å². The number of anilines is 3. The number of aromatic hydroxyl groups is 1. The van der Waals surface area contributed by atoms with Crippen LogP contribution in [-0.2, 0) is 19.2 Å². The number of Topliss-reactive ketones (excluding diaryl/α,β-unsaturated/α-hetero) is 1. The van der Waals surface area contributed by atoms with E-state index < -0.39 is 23.7 Å². The smallest absolute Gasteiger partial charge is 0.238 e. The van der Waals surface area contributed by atoms with Crippen LogP contribution < -0.4 is 10.2 Å². The number of hydrogen-bond acceptors (Lipinski definition) is 6. The van der Waals surface area contributed by atoms with Gasteiger partial charge in [-0.05, 0) is 86.4 Å². The molecule has 0 bridgehead atoms. The lowest BCUT2D eigenvalue weighted by Gasteiger charge is -2.42. The van der Waals surface area contributed by atoms with E-state index in [2.05, 4.69) is 21.2 Å². The first-order valence-corrected chi connectivity index (χ1v) is 15.0. The summed E-state index contributed by atoms with van der Waals surface area (Å²) in [5, 5.41) is 14.3. The van der Waals surface area contributed by atoms with Crippen molar-refractivity contribution in [2.45, 2.75) is 25.7 Å². The number of phenols is 1. The Labute approximate surface area is 256 Å². The Balaban J connectivity index is 1.26. The predicted octanol–water partition coefficient (Wildman–Crippen LogP) is 6.53. The fourth-order valence-electron chi connectivity index (χ4n) is 7.13. The number of rotatable bonds is 4. The largest absolute Gasteiger partial charge is 0.508 e. The molecule has 214 valence electrons. The Kier molecular flexibility index (Phi) is 6.54. The second-order valence-electron chi connectivity index (χ2n) is 11.5. The molecule has 2 amide bonds. The van der Waals surface area contributed by atoms with Crippen LogP contribution in [-0.4, -0.2) is 28.5 Å². The SMILES string of the molecule is CC1=CC(=O)C2=C(C[C@@H]3C(=CC[C@@H]4C(=O)N(c5ccc(Nc6ccccc6)cc5)C(=O)[C@@H]43)[C@@H]2c2cc(Br)ccc2O)C1=O. The quantitative estimate of drug-likeness (QED) is 0.192. The molecule has 4 atom stereocenters. The average molecular weight is 636 g/mol. The van der Waals surface area contributed by atoms with Crippen molar-refractivity contribution in [1.82, 2.24) is 0 Å². The summed E-state index contributed by atoms with van der Waals surface area (Å²) in [5.74, 6) is -3.51. The zero-order valence-corrected chi connectivity index (χ0v) is 24.8. The molecule has 0 unspecified atom stereocenters. The summed E-state index contributed by atoms with van der Waals surface area (Å²) in [6.45, 7) is 1.62. The third-order valence-electron chi connectivity index (χ3n) is 9.05. The zero-order valence-electron chi connectivity index (χ0n) is 23.2. The second kappa shape index (κ2) is 10.3. The molecule has 1 saturated heterocycles. The summed E-state index contributed by atoms with van der Waals surface area (Å²) >= 11 is 3.47. The molecule has 1 aliphatic heterocycles. The van der Waals surface area contributed by atoms with Gasteiger partial charge in [0.25, 0.3) is 0 Å². The first-order chi connectivity index (χ1) is 20.7. The Morgan fingerprint density at radius 3 is 2.35 bits per heavy atom. The van der Waals surface area contributed by atoms with E-state index in [0.29, 0.717) is 38.9 Å². The molecule has 1 heterocycles. The maximum absolute atomic E-state index is 14.1. The Morgan fingerprint density at radius 1 is 0.884 bits per heavy atom. The van der Waals surface area contributed by atoms with Gasteiger partial charge in [0.2, 0.25) is 11.8 Å². The highest BCUT2D eigenvalue weighted by Crippen LogP contribution is 2.56. The summed E-state index contributed by atoms with van der Waals surface area (Å²) in [7, 11) is 0. The molecule has 4 aliphatic rings. The lowest BCUT2D eigenvalue weighted by Crippen LogP contribution is -2.39. The Bertz CT molecular complexity index is 1820. The molecular weight excluding hydrogens is 608 g/mol. The number of imide groups is 1. The van der Waals surface area contributed by atoms with Crippen LogP contribution in [0.25, 0.3) is 0 Å².